The van der Waals surface area contributed by atoms with Gasteiger partial charge >= 0.3 is 0 Å². The van der Waals surface area contributed by atoms with Crippen molar-refractivity contribution in [3.8, 4) is 5.75 Å². The number of hydrogen-bond acceptors (Lipinski definition) is 7. The van der Waals surface area contributed by atoms with E-state index in [1.807, 2.05) is 18.2 Å². The molecule has 0 saturated carbocycles. The Kier molecular flexibility index (Phi) is 6.83. The van der Waals surface area contributed by atoms with Crippen molar-refractivity contribution in [3.05, 3.63) is 65.4 Å². The Balaban J connectivity index is 1.35. The summed E-state index contributed by atoms with van der Waals surface area (Å²) in [7, 11) is 0. The fraction of sp³-hybridized carbons (Fsp3) is 0.364. The number of hydrogen-bond donors (Lipinski definition) is 1. The van der Waals surface area contributed by atoms with E-state index in [0.717, 1.165) is 41.8 Å². The molecular weight excluding hydrogens is 436 g/mol. The average molecular weight is 461 g/mol. The summed E-state index contributed by atoms with van der Waals surface area (Å²) in [6.07, 6.45) is 2.63. The van der Waals surface area contributed by atoms with Gasteiger partial charge in [0, 0.05) is 41.5 Å². The highest BCUT2D eigenvalue weighted by molar-refractivity contribution is 8.00. The molecule has 1 atom stereocenters. The van der Waals surface area contributed by atoms with Crippen molar-refractivity contribution < 1.29 is 4.74 Å². The van der Waals surface area contributed by atoms with Gasteiger partial charge in [-0.15, -0.1) is 0 Å². The van der Waals surface area contributed by atoms with Crippen LogP contribution in [-0.2, 0) is 6.54 Å². The molecule has 4 rings (SSSR count). The van der Waals surface area contributed by atoms with Gasteiger partial charge < -0.3 is 9.46 Å². The largest absolute Gasteiger partial charge is 0.488 e. The summed E-state index contributed by atoms with van der Waals surface area (Å²) in [5.74, 6) is 0.742. The molecule has 1 fully saturated rings. The van der Waals surface area contributed by atoms with Gasteiger partial charge in [0.05, 0.1) is 5.02 Å². The van der Waals surface area contributed by atoms with Gasteiger partial charge in [0.2, 0.25) is 5.13 Å². The fourth-order valence-corrected chi connectivity index (χ4v) is 5.18. The molecule has 5 nitrogen and oxygen atoms in total. The highest BCUT2D eigenvalue weighted by Gasteiger charge is 2.37. The van der Waals surface area contributed by atoms with E-state index in [1.165, 1.54) is 35.4 Å². The zero-order chi connectivity index (χ0) is 21.0. The minimum Gasteiger partial charge on any atom is -0.488 e. The van der Waals surface area contributed by atoms with Crippen LogP contribution >= 0.6 is 35.1 Å². The Labute approximate surface area is 191 Å². The normalized spacial score (nSPS) is 18.8. The van der Waals surface area contributed by atoms with Crippen LogP contribution in [0.4, 0.5) is 5.13 Å². The maximum absolute atomic E-state index is 6.54. The lowest BCUT2D eigenvalue weighted by Crippen LogP contribution is -2.50. The van der Waals surface area contributed by atoms with Crippen molar-refractivity contribution in [1.82, 2.24) is 14.3 Å². The number of ether oxygens (including phenoxy) is 1. The molecule has 1 aliphatic rings. The first kappa shape index (κ1) is 21.4. The number of nitrogens with zero attached hydrogens (tertiary/aromatic N) is 3. The summed E-state index contributed by atoms with van der Waals surface area (Å²) in [4.78, 5) is 7.62. The van der Waals surface area contributed by atoms with Crippen molar-refractivity contribution >= 4 is 40.2 Å². The zero-order valence-electron chi connectivity index (χ0n) is 17.0. The second-order valence-electron chi connectivity index (χ2n) is 8.12. The quantitative estimate of drug-likeness (QED) is 0.437. The Bertz CT molecular complexity index is 953. The van der Waals surface area contributed by atoms with Crippen LogP contribution in [0.1, 0.15) is 25.8 Å². The van der Waals surface area contributed by atoms with E-state index in [9.17, 15) is 0 Å². The lowest BCUT2D eigenvalue weighted by Gasteiger charge is -2.44. The van der Waals surface area contributed by atoms with Crippen LogP contribution in [0, 0.1) is 5.41 Å². The van der Waals surface area contributed by atoms with Gasteiger partial charge in [-0.2, -0.15) is 4.37 Å². The summed E-state index contributed by atoms with van der Waals surface area (Å²) in [5, 5.41) is 1.39. The van der Waals surface area contributed by atoms with E-state index in [-0.39, 0.29) is 11.5 Å². The number of piperidine rings is 1. The van der Waals surface area contributed by atoms with Gasteiger partial charge in [0.25, 0.3) is 0 Å². The minimum absolute atomic E-state index is 0.0309. The van der Waals surface area contributed by atoms with E-state index in [4.69, 9.17) is 16.3 Å². The van der Waals surface area contributed by atoms with Crippen molar-refractivity contribution in [3.63, 3.8) is 0 Å². The van der Waals surface area contributed by atoms with Gasteiger partial charge in [-0.3, -0.25) is 4.90 Å². The topological polar surface area (TPSA) is 50.3 Å². The highest BCUT2D eigenvalue weighted by atomic mass is 35.5. The molecule has 0 spiro atoms. The predicted octanol–water partition coefficient (Wildman–Crippen LogP) is 5.99. The van der Waals surface area contributed by atoms with E-state index in [1.54, 1.807) is 0 Å². The van der Waals surface area contributed by atoms with Crippen LogP contribution < -0.4 is 9.46 Å². The molecule has 30 heavy (non-hydrogen) atoms. The first-order valence-electron chi connectivity index (χ1n) is 9.92. The number of nitrogens with one attached hydrogen (secondary N) is 1. The number of anilines is 1. The van der Waals surface area contributed by atoms with Gasteiger partial charge in [-0.1, -0.05) is 55.8 Å². The number of benzene rings is 2. The van der Waals surface area contributed by atoms with Crippen molar-refractivity contribution in [2.45, 2.75) is 37.8 Å². The molecule has 1 saturated heterocycles. The average Bonchev–Trinajstić information content (AvgIpc) is 3.24. The molecule has 2 aromatic carbocycles. The van der Waals surface area contributed by atoms with Crippen LogP contribution in [-0.4, -0.2) is 33.5 Å². The molecule has 1 unspecified atom stereocenters. The summed E-state index contributed by atoms with van der Waals surface area (Å²) >= 11 is 9.31. The molecule has 0 bridgehead atoms. The second-order valence-corrected chi connectivity index (χ2v) is 10.2. The maximum Gasteiger partial charge on any atom is 0.212 e. The SMILES string of the molecule is CC1(C)CN(Cc2ccccc2)CCC1Oc1ccc(SNc2ncns2)cc1Cl. The van der Waals surface area contributed by atoms with Crippen LogP contribution in [0.5, 0.6) is 5.75 Å². The van der Waals surface area contributed by atoms with Crippen LogP contribution in [0.2, 0.25) is 5.02 Å². The van der Waals surface area contributed by atoms with Crippen molar-refractivity contribution in [1.29, 1.82) is 0 Å². The molecule has 1 aliphatic heterocycles. The van der Waals surface area contributed by atoms with Crippen LogP contribution in [0.25, 0.3) is 0 Å². The Morgan fingerprint density at radius 1 is 1.27 bits per heavy atom. The monoisotopic (exact) mass is 460 g/mol. The van der Waals surface area contributed by atoms with E-state index in [2.05, 4.69) is 63.2 Å². The smallest absolute Gasteiger partial charge is 0.212 e. The molecule has 0 aliphatic carbocycles. The highest BCUT2D eigenvalue weighted by Crippen LogP contribution is 2.37. The molecular formula is C22H25ClN4OS2. The Morgan fingerprint density at radius 3 is 2.80 bits per heavy atom. The van der Waals surface area contributed by atoms with Gasteiger partial charge in [-0.05, 0) is 42.1 Å². The Hall–Kier alpha value is -1.80. The first-order valence-corrected chi connectivity index (χ1v) is 11.9. The first-order chi connectivity index (χ1) is 14.5. The maximum atomic E-state index is 6.54. The van der Waals surface area contributed by atoms with E-state index >= 15 is 0 Å². The second kappa shape index (κ2) is 9.56. The Morgan fingerprint density at radius 2 is 2.10 bits per heavy atom. The third-order valence-corrected chi connectivity index (χ3v) is 7.04. The lowest BCUT2D eigenvalue weighted by molar-refractivity contribution is -0.0112. The van der Waals surface area contributed by atoms with Crippen LogP contribution in [0.15, 0.2) is 59.8 Å². The third kappa shape index (κ3) is 5.46. The minimum atomic E-state index is 0.0309. The van der Waals surface area contributed by atoms with Crippen molar-refractivity contribution in [2.24, 2.45) is 5.41 Å². The summed E-state index contributed by atoms with van der Waals surface area (Å²) in [6, 6.07) is 16.5. The molecule has 3 aromatic rings. The number of halogens is 1. The van der Waals surface area contributed by atoms with Crippen LogP contribution in [0.3, 0.4) is 0 Å². The molecule has 158 valence electrons. The predicted molar refractivity (Wildman–Crippen MR) is 125 cm³/mol. The lowest BCUT2D eigenvalue weighted by atomic mass is 9.81. The molecule has 8 heteroatoms. The number of aromatic nitrogens is 2. The standard InChI is InChI=1S/C22H25ClN4OS2/c1-22(2)14-27(13-16-6-4-3-5-7-16)11-10-20(22)28-19-9-8-17(12-18(19)23)29-26-21-24-15-25-30-21/h3-9,12,15,20H,10-11,13-14H2,1-2H3,(H,24,25,26). The molecule has 0 amide bonds. The molecule has 1 N–H and O–H groups in total. The summed E-state index contributed by atoms with van der Waals surface area (Å²) in [6.45, 7) is 7.54. The summed E-state index contributed by atoms with van der Waals surface area (Å²) in [5.41, 5.74) is 1.38. The van der Waals surface area contributed by atoms with E-state index < -0.39 is 0 Å². The fourth-order valence-electron chi connectivity index (χ4n) is 3.76. The van der Waals surface area contributed by atoms with E-state index in [0.29, 0.717) is 5.02 Å². The third-order valence-electron chi connectivity index (χ3n) is 5.25. The molecule has 2 heterocycles. The van der Waals surface area contributed by atoms with Crippen molar-refractivity contribution in [2.75, 3.05) is 17.8 Å². The van der Waals surface area contributed by atoms with Gasteiger partial charge in [0.1, 0.15) is 18.2 Å². The number of likely N-dealkylation sites (tertiary alicyclic amines) is 1. The number of rotatable bonds is 7. The zero-order valence-corrected chi connectivity index (χ0v) is 19.4. The molecule has 0 radical (unpaired) electrons. The van der Waals surface area contributed by atoms with Gasteiger partial charge in [-0.25, -0.2) is 4.98 Å². The summed E-state index contributed by atoms with van der Waals surface area (Å²) < 4.78 is 13.5. The molecule has 1 aromatic heterocycles. The van der Waals surface area contributed by atoms with Gasteiger partial charge in [0.15, 0.2) is 0 Å².